The van der Waals surface area contributed by atoms with Gasteiger partial charge in [-0.1, -0.05) is 21.9 Å². The Kier molecular flexibility index (Phi) is 2.40. The predicted octanol–water partition coefficient (Wildman–Crippen LogP) is 2.83. The lowest BCUT2D eigenvalue weighted by Crippen LogP contribution is -2.04. The number of aromatic hydroxyl groups is 1. The quantitative estimate of drug-likeness (QED) is 0.835. The number of rotatable bonds is 2. The van der Waals surface area contributed by atoms with Crippen molar-refractivity contribution in [3.05, 3.63) is 22.2 Å². The maximum atomic E-state index is 9.57. The number of methoxy groups -OCH3 is 1. The summed E-state index contributed by atoms with van der Waals surface area (Å²) < 4.78 is 5.91. The second-order valence-corrected chi connectivity index (χ2v) is 4.58. The van der Waals surface area contributed by atoms with Crippen molar-refractivity contribution in [3.8, 4) is 23.8 Å². The molecule has 0 aromatic heterocycles. The zero-order valence-corrected chi connectivity index (χ0v) is 9.97. The van der Waals surface area contributed by atoms with Gasteiger partial charge in [-0.2, -0.15) is 0 Å². The number of phenols is 1. The highest BCUT2D eigenvalue weighted by Crippen LogP contribution is 2.51. The van der Waals surface area contributed by atoms with E-state index >= 15 is 0 Å². The molecule has 1 N–H and O–H groups in total. The Hall–Kier alpha value is -1.14. The van der Waals surface area contributed by atoms with E-state index in [1.54, 1.807) is 6.07 Å². The maximum absolute atomic E-state index is 9.57. The number of phenolic OH excluding ortho intramolecular Hbond substituents is 1. The molecular formula is C12H11BrO2. The van der Waals surface area contributed by atoms with Crippen LogP contribution in [0.15, 0.2) is 16.6 Å². The second kappa shape index (κ2) is 3.46. The number of hydrogen-bond donors (Lipinski definition) is 1. The third-order valence-corrected chi connectivity index (χ3v) is 3.47. The topological polar surface area (TPSA) is 29.5 Å². The summed E-state index contributed by atoms with van der Waals surface area (Å²) >= 11 is 3.42. The van der Waals surface area contributed by atoms with Gasteiger partial charge in [0.2, 0.25) is 0 Å². The molecule has 0 atom stereocenters. The van der Waals surface area contributed by atoms with Gasteiger partial charge < -0.3 is 9.84 Å². The molecule has 1 aliphatic carbocycles. The Morgan fingerprint density at radius 3 is 2.67 bits per heavy atom. The zero-order chi connectivity index (χ0) is 11.1. The molecule has 0 heterocycles. The Bertz CT molecular complexity index is 442. The minimum atomic E-state index is -0.153. The standard InChI is InChI=1S/C12H11BrO2/c1-3-12(4-5-12)8-6-11(15-2)10(14)7-9(8)13/h1,6-7,14H,4-5H2,2H3. The van der Waals surface area contributed by atoms with E-state index in [-0.39, 0.29) is 11.2 Å². The first-order chi connectivity index (χ1) is 7.13. The van der Waals surface area contributed by atoms with Gasteiger partial charge in [0.15, 0.2) is 11.5 Å². The molecule has 0 aliphatic heterocycles. The number of terminal acetylenes is 1. The van der Waals surface area contributed by atoms with Gasteiger partial charge in [-0.25, -0.2) is 0 Å². The monoisotopic (exact) mass is 266 g/mol. The van der Waals surface area contributed by atoms with E-state index in [0.717, 1.165) is 22.9 Å². The summed E-state index contributed by atoms with van der Waals surface area (Å²) in [6.45, 7) is 0. The lowest BCUT2D eigenvalue weighted by atomic mass is 9.96. The van der Waals surface area contributed by atoms with Gasteiger partial charge in [0.1, 0.15) is 0 Å². The molecule has 0 bridgehead atoms. The molecule has 78 valence electrons. The molecule has 2 nitrogen and oxygen atoms in total. The van der Waals surface area contributed by atoms with Gasteiger partial charge >= 0.3 is 0 Å². The summed E-state index contributed by atoms with van der Waals surface area (Å²) in [5.74, 6) is 3.41. The van der Waals surface area contributed by atoms with Gasteiger partial charge in [-0.3, -0.25) is 0 Å². The number of benzene rings is 1. The van der Waals surface area contributed by atoms with Crippen LogP contribution < -0.4 is 4.74 Å². The molecule has 0 unspecified atom stereocenters. The first kappa shape index (κ1) is 10.4. The maximum Gasteiger partial charge on any atom is 0.160 e. The van der Waals surface area contributed by atoms with Crippen LogP contribution in [0.2, 0.25) is 0 Å². The van der Waals surface area contributed by atoms with Crippen LogP contribution >= 0.6 is 15.9 Å². The fourth-order valence-electron chi connectivity index (χ4n) is 1.69. The van der Waals surface area contributed by atoms with Crippen LogP contribution in [-0.4, -0.2) is 12.2 Å². The lowest BCUT2D eigenvalue weighted by molar-refractivity contribution is 0.372. The highest BCUT2D eigenvalue weighted by molar-refractivity contribution is 9.10. The van der Waals surface area contributed by atoms with Crippen LogP contribution in [0.4, 0.5) is 0 Å². The number of ether oxygens (including phenoxy) is 1. The molecule has 3 heteroatoms. The van der Waals surface area contributed by atoms with Crippen molar-refractivity contribution < 1.29 is 9.84 Å². The van der Waals surface area contributed by atoms with E-state index in [2.05, 4.69) is 21.9 Å². The van der Waals surface area contributed by atoms with E-state index in [0.29, 0.717) is 5.75 Å². The van der Waals surface area contributed by atoms with Gasteiger partial charge in [0.05, 0.1) is 12.5 Å². The van der Waals surface area contributed by atoms with E-state index < -0.39 is 0 Å². The summed E-state index contributed by atoms with van der Waals surface area (Å²) in [6, 6.07) is 3.44. The van der Waals surface area contributed by atoms with Gasteiger partial charge in [0, 0.05) is 4.47 Å². The molecule has 1 saturated carbocycles. The molecule has 1 aromatic rings. The molecule has 2 rings (SSSR count). The molecule has 0 spiro atoms. The van der Waals surface area contributed by atoms with Crippen molar-refractivity contribution in [2.45, 2.75) is 18.3 Å². The van der Waals surface area contributed by atoms with E-state index in [1.165, 1.54) is 7.11 Å². The predicted molar refractivity (Wildman–Crippen MR) is 62.1 cm³/mol. The van der Waals surface area contributed by atoms with Crippen LogP contribution in [0.1, 0.15) is 18.4 Å². The Morgan fingerprint density at radius 1 is 1.53 bits per heavy atom. The number of halogens is 1. The summed E-state index contributed by atoms with van der Waals surface area (Å²) in [5, 5.41) is 9.57. The van der Waals surface area contributed by atoms with Crippen LogP contribution in [0.3, 0.4) is 0 Å². The van der Waals surface area contributed by atoms with Crippen molar-refractivity contribution in [3.63, 3.8) is 0 Å². The lowest BCUT2D eigenvalue weighted by Gasteiger charge is -2.13. The van der Waals surface area contributed by atoms with Crippen LogP contribution in [0.25, 0.3) is 0 Å². The molecule has 1 aromatic carbocycles. The summed E-state index contributed by atoms with van der Waals surface area (Å²) in [6.07, 6.45) is 7.52. The van der Waals surface area contributed by atoms with E-state index in [4.69, 9.17) is 11.2 Å². The smallest absolute Gasteiger partial charge is 0.160 e. The molecule has 0 saturated heterocycles. The van der Waals surface area contributed by atoms with Crippen molar-refractivity contribution >= 4 is 15.9 Å². The minimum absolute atomic E-state index is 0.126. The Morgan fingerprint density at radius 2 is 2.20 bits per heavy atom. The van der Waals surface area contributed by atoms with Crippen molar-refractivity contribution in [2.75, 3.05) is 7.11 Å². The van der Waals surface area contributed by atoms with Gasteiger partial charge in [0.25, 0.3) is 0 Å². The SMILES string of the molecule is C#CC1(c2cc(OC)c(O)cc2Br)CC1. The van der Waals surface area contributed by atoms with Crippen molar-refractivity contribution in [2.24, 2.45) is 0 Å². The highest BCUT2D eigenvalue weighted by atomic mass is 79.9. The van der Waals surface area contributed by atoms with Gasteiger partial charge in [-0.05, 0) is 30.5 Å². The zero-order valence-electron chi connectivity index (χ0n) is 8.38. The minimum Gasteiger partial charge on any atom is -0.504 e. The third kappa shape index (κ3) is 1.59. The normalized spacial score (nSPS) is 16.9. The molecule has 1 aliphatic rings. The Balaban J connectivity index is 2.54. The number of hydrogen-bond acceptors (Lipinski definition) is 2. The highest BCUT2D eigenvalue weighted by Gasteiger charge is 2.44. The van der Waals surface area contributed by atoms with E-state index in [1.807, 2.05) is 6.07 Å². The largest absolute Gasteiger partial charge is 0.504 e. The summed E-state index contributed by atoms with van der Waals surface area (Å²) in [7, 11) is 1.53. The van der Waals surface area contributed by atoms with Crippen LogP contribution in [0, 0.1) is 12.3 Å². The third-order valence-electron chi connectivity index (χ3n) is 2.81. The Labute approximate surface area is 97.4 Å². The summed E-state index contributed by atoms with van der Waals surface area (Å²) in [4.78, 5) is 0. The van der Waals surface area contributed by atoms with Crippen molar-refractivity contribution in [1.29, 1.82) is 0 Å². The average molecular weight is 267 g/mol. The molecular weight excluding hydrogens is 256 g/mol. The fourth-order valence-corrected chi connectivity index (χ4v) is 2.40. The average Bonchev–Trinajstić information content (AvgIpc) is 2.99. The van der Waals surface area contributed by atoms with E-state index in [9.17, 15) is 5.11 Å². The molecule has 0 amide bonds. The molecule has 1 fully saturated rings. The molecule has 0 radical (unpaired) electrons. The first-order valence-electron chi connectivity index (χ1n) is 4.68. The first-order valence-corrected chi connectivity index (χ1v) is 5.47. The second-order valence-electron chi connectivity index (χ2n) is 3.73. The summed E-state index contributed by atoms with van der Waals surface area (Å²) in [5.41, 5.74) is 0.874. The molecule has 15 heavy (non-hydrogen) atoms. The fraction of sp³-hybridized carbons (Fsp3) is 0.333. The van der Waals surface area contributed by atoms with Crippen molar-refractivity contribution in [1.82, 2.24) is 0 Å². The van der Waals surface area contributed by atoms with Crippen LogP contribution in [0.5, 0.6) is 11.5 Å². The van der Waals surface area contributed by atoms with Crippen LogP contribution in [-0.2, 0) is 5.41 Å². The van der Waals surface area contributed by atoms with Gasteiger partial charge in [-0.15, -0.1) is 6.42 Å².